The van der Waals surface area contributed by atoms with Gasteiger partial charge in [-0.1, -0.05) is 184 Å². The highest BCUT2D eigenvalue weighted by Gasteiger charge is 2.58. The molecule has 0 amide bonds. The normalized spacial score (nSPS) is 16.9. The number of benzene rings is 3. The van der Waals surface area contributed by atoms with Crippen LogP contribution in [0, 0.1) is 0 Å². The molecule has 4 aromatic rings. The van der Waals surface area contributed by atoms with Crippen molar-refractivity contribution in [3.8, 4) is 11.1 Å². The topological polar surface area (TPSA) is 7.94 Å². The second-order valence-corrected chi connectivity index (χ2v) is 16.6. The summed E-state index contributed by atoms with van der Waals surface area (Å²) >= 11 is 0. The Morgan fingerprint density at radius 2 is 1.09 bits per heavy atom. The van der Waals surface area contributed by atoms with Crippen LogP contribution >= 0.6 is 0 Å². The lowest BCUT2D eigenvalue weighted by Crippen LogP contribution is -2.39. The second-order valence-electron chi connectivity index (χ2n) is 16.6. The van der Waals surface area contributed by atoms with Crippen LogP contribution in [0.3, 0.4) is 0 Å². The molecule has 2 aliphatic carbocycles. The molecule has 3 aromatic carbocycles. The summed E-state index contributed by atoms with van der Waals surface area (Å²) in [5.74, 6) is 0. The van der Waals surface area contributed by atoms with E-state index in [1.807, 2.05) is 6.07 Å². The molecule has 0 saturated heterocycles. The molecule has 3 aliphatic rings. The van der Waals surface area contributed by atoms with Crippen LogP contribution < -0.4 is 0 Å². The number of aromatic nitrogens is 1. The SMILES string of the molecule is CCCCCC1(CCCCC)C2=[N+](B(F)F)/C(=C(/c3ccccc3)c3cc4c(n3C)C(CCCCC)(CCCCC)c3ccccc3-4)C=C2c2ccccc21. The van der Waals surface area contributed by atoms with E-state index in [1.165, 1.54) is 71.0 Å². The Kier molecular flexibility index (Phi) is 12.2. The van der Waals surface area contributed by atoms with Gasteiger partial charge in [-0.2, -0.15) is 0 Å². The van der Waals surface area contributed by atoms with Gasteiger partial charge >= 0.3 is 7.40 Å². The van der Waals surface area contributed by atoms with Crippen LogP contribution in [0.4, 0.5) is 8.63 Å². The zero-order valence-corrected chi connectivity index (χ0v) is 34.2. The fourth-order valence-electron chi connectivity index (χ4n) is 10.8. The van der Waals surface area contributed by atoms with Crippen LogP contribution in [0.2, 0.25) is 0 Å². The van der Waals surface area contributed by atoms with Crippen molar-refractivity contribution in [2.75, 3.05) is 0 Å². The van der Waals surface area contributed by atoms with E-state index in [0.717, 1.165) is 97.9 Å². The molecule has 1 aromatic heterocycles. The highest BCUT2D eigenvalue weighted by Crippen LogP contribution is 2.57. The lowest BCUT2D eigenvalue weighted by Gasteiger charge is -2.33. The van der Waals surface area contributed by atoms with Gasteiger partial charge in [-0.3, -0.25) is 0 Å². The second kappa shape index (κ2) is 17.0. The van der Waals surface area contributed by atoms with Crippen molar-refractivity contribution in [3.63, 3.8) is 0 Å². The number of allylic oxidation sites excluding steroid dienone is 2. The molecule has 0 fully saturated rings. The number of hydrogen-bond acceptors (Lipinski definition) is 0. The molecule has 1 aliphatic heterocycles. The molecule has 0 radical (unpaired) electrons. The van der Waals surface area contributed by atoms with Gasteiger partial charge in [-0.15, -0.1) is 0 Å². The zero-order chi connectivity index (χ0) is 38.6. The van der Waals surface area contributed by atoms with Gasteiger partial charge in [0, 0.05) is 29.8 Å². The van der Waals surface area contributed by atoms with Crippen LogP contribution in [0.5, 0.6) is 0 Å². The summed E-state index contributed by atoms with van der Waals surface area (Å²) in [5.41, 5.74) is 12.6. The quantitative estimate of drug-likeness (QED) is 0.0668. The highest BCUT2D eigenvalue weighted by atomic mass is 19.2. The number of unbranched alkanes of at least 4 members (excludes halogenated alkanes) is 8. The molecule has 0 N–H and O–H groups in total. The number of nitrogens with zero attached hydrogens (tertiary/aromatic N) is 2. The van der Waals surface area contributed by atoms with E-state index in [1.54, 1.807) is 0 Å². The Balaban J connectivity index is 1.52. The Labute approximate surface area is 330 Å². The molecular formula is C50H62BF2N2+. The fourth-order valence-corrected chi connectivity index (χ4v) is 10.8. The summed E-state index contributed by atoms with van der Waals surface area (Å²) < 4.78 is 36.6. The van der Waals surface area contributed by atoms with E-state index in [0.29, 0.717) is 5.70 Å². The lowest BCUT2D eigenvalue weighted by atomic mass is 9.71. The summed E-state index contributed by atoms with van der Waals surface area (Å²) in [5, 5.41) is 0. The first-order valence-electron chi connectivity index (χ1n) is 21.7. The van der Waals surface area contributed by atoms with E-state index in [4.69, 9.17) is 0 Å². The third kappa shape index (κ3) is 6.82. The molecule has 0 unspecified atom stereocenters. The summed E-state index contributed by atoms with van der Waals surface area (Å²) in [4.78, 5) is 0. The minimum atomic E-state index is -2.68. The van der Waals surface area contributed by atoms with E-state index in [2.05, 4.69) is 124 Å². The highest BCUT2D eigenvalue weighted by molar-refractivity contribution is 6.41. The molecule has 7 rings (SSSR count). The lowest BCUT2D eigenvalue weighted by molar-refractivity contribution is -0.344. The van der Waals surface area contributed by atoms with Crippen molar-refractivity contribution in [1.29, 1.82) is 0 Å². The summed E-state index contributed by atoms with van der Waals surface area (Å²) in [6, 6.07) is 30.4. The number of rotatable bonds is 19. The third-order valence-electron chi connectivity index (χ3n) is 13.2. The van der Waals surface area contributed by atoms with Crippen LogP contribution in [-0.4, -0.2) is 22.2 Å². The molecule has 55 heavy (non-hydrogen) atoms. The number of fused-ring (bicyclic) bond motifs is 6. The van der Waals surface area contributed by atoms with Crippen molar-refractivity contribution >= 4 is 24.3 Å². The third-order valence-corrected chi connectivity index (χ3v) is 13.2. The predicted molar refractivity (Wildman–Crippen MR) is 230 cm³/mol. The first-order valence-corrected chi connectivity index (χ1v) is 21.7. The average molecular weight is 740 g/mol. The Morgan fingerprint density at radius 1 is 0.600 bits per heavy atom. The Morgan fingerprint density at radius 3 is 1.64 bits per heavy atom. The van der Waals surface area contributed by atoms with E-state index >= 15 is 8.63 Å². The van der Waals surface area contributed by atoms with Gasteiger partial charge in [0.1, 0.15) is 0 Å². The minimum absolute atomic E-state index is 0.107. The molecule has 5 heteroatoms. The van der Waals surface area contributed by atoms with Gasteiger partial charge in [-0.05, 0) is 59.6 Å². The average Bonchev–Trinajstić information content (AvgIpc) is 3.90. The predicted octanol–water partition coefficient (Wildman–Crippen LogP) is 14.1. The van der Waals surface area contributed by atoms with E-state index < -0.39 is 12.8 Å². The minimum Gasteiger partial charge on any atom is -0.346 e. The molecule has 2 nitrogen and oxygen atoms in total. The summed E-state index contributed by atoms with van der Waals surface area (Å²) in [6.07, 6.45) is 19.7. The first kappa shape index (κ1) is 39.3. The summed E-state index contributed by atoms with van der Waals surface area (Å²) in [7, 11) is -0.464. The number of hydrogen-bond donors (Lipinski definition) is 0. The van der Waals surface area contributed by atoms with E-state index in [-0.39, 0.29) is 5.41 Å². The molecule has 288 valence electrons. The maximum Gasteiger partial charge on any atom is 0.934 e. The van der Waals surface area contributed by atoms with Crippen molar-refractivity contribution in [2.45, 2.75) is 141 Å². The van der Waals surface area contributed by atoms with Crippen molar-refractivity contribution in [1.82, 2.24) is 4.57 Å². The standard InChI is InChI=1S/C50H62BF2N2/c1-6-10-21-31-49(32-22-11-7-2)42-29-19-17-27-38(42)40-35-44(54(5)47(40)49)46(37-25-15-14-16-26-37)45-36-41-39-28-18-20-30-43(39)50(33-23-12-8-3,34-24-13-9-4)48(41)55(45)51(52)53/h14-20,25-30,35-36H,6-13,21-24,31-34H2,1-5H3/q+1. The molecule has 0 atom stereocenters. The first-order chi connectivity index (χ1) is 26.9. The maximum absolute atomic E-state index is 16.3. The molecule has 2 heterocycles. The van der Waals surface area contributed by atoms with Crippen LogP contribution in [-0.2, 0) is 17.9 Å². The zero-order valence-electron chi connectivity index (χ0n) is 34.2. The van der Waals surface area contributed by atoms with Crippen molar-refractivity contribution in [3.05, 3.63) is 130 Å². The molecular weight excluding hydrogens is 677 g/mol. The Bertz CT molecular complexity index is 2050. The molecule has 0 bridgehead atoms. The van der Waals surface area contributed by atoms with Crippen LogP contribution in [0.15, 0.2) is 96.7 Å². The largest absolute Gasteiger partial charge is 0.934 e. The smallest absolute Gasteiger partial charge is 0.346 e. The van der Waals surface area contributed by atoms with Gasteiger partial charge in [0.2, 0.25) is 0 Å². The van der Waals surface area contributed by atoms with Crippen molar-refractivity contribution in [2.24, 2.45) is 7.05 Å². The van der Waals surface area contributed by atoms with Crippen LogP contribution in [0.1, 0.15) is 164 Å². The van der Waals surface area contributed by atoms with Gasteiger partial charge < -0.3 is 4.57 Å². The van der Waals surface area contributed by atoms with Gasteiger partial charge in [0.15, 0.2) is 11.4 Å². The van der Waals surface area contributed by atoms with Crippen LogP contribution in [0.25, 0.3) is 22.3 Å². The monoisotopic (exact) mass is 739 g/mol. The summed E-state index contributed by atoms with van der Waals surface area (Å²) in [6.45, 7) is 9.04. The molecule has 0 spiro atoms. The van der Waals surface area contributed by atoms with Gasteiger partial charge in [0.25, 0.3) is 0 Å². The maximum atomic E-state index is 16.3. The van der Waals surface area contributed by atoms with Crippen molar-refractivity contribution < 1.29 is 13.1 Å². The Hall–Kier alpha value is -3.99. The molecule has 0 saturated carbocycles. The van der Waals surface area contributed by atoms with E-state index in [9.17, 15) is 0 Å². The fraction of sp³-hybridized carbons (Fsp3) is 0.460. The van der Waals surface area contributed by atoms with Gasteiger partial charge in [0.05, 0.1) is 22.3 Å². The number of halogens is 2. The van der Waals surface area contributed by atoms with Gasteiger partial charge in [-0.25, -0.2) is 13.1 Å².